The fraction of sp³-hybridized carbons (Fsp3) is 0.757. The second-order valence-corrected chi connectivity index (χ2v) is 17.0. The maximum atomic E-state index is 13.0. The van der Waals surface area contributed by atoms with Crippen LogP contribution in [0.2, 0.25) is 0 Å². The minimum absolute atomic E-state index is 0.0137. The lowest BCUT2D eigenvalue weighted by Crippen LogP contribution is -2.56. The Morgan fingerprint density at radius 1 is 0.746 bits per heavy atom. The molecule has 21 nitrogen and oxygen atoms in total. The van der Waals surface area contributed by atoms with Gasteiger partial charge in [0.2, 0.25) is 47.3 Å². The molecule has 59 heavy (non-hydrogen) atoms. The van der Waals surface area contributed by atoms with E-state index in [4.69, 9.17) is 10.9 Å². The summed E-state index contributed by atoms with van der Waals surface area (Å²) in [6, 6.07) is -3.47. The van der Waals surface area contributed by atoms with E-state index >= 15 is 0 Å². The highest BCUT2D eigenvalue weighted by atomic mass is 32.2. The van der Waals surface area contributed by atoms with Gasteiger partial charge in [-0.15, -0.1) is 0 Å². The molecule has 0 saturated carbocycles. The fourth-order valence-corrected chi connectivity index (χ4v) is 8.25. The van der Waals surface area contributed by atoms with Gasteiger partial charge < -0.3 is 53.4 Å². The van der Waals surface area contributed by atoms with Crippen LogP contribution in [0, 0.1) is 17.8 Å². The zero-order valence-electron chi connectivity index (χ0n) is 34.4. The van der Waals surface area contributed by atoms with E-state index in [1.807, 2.05) is 25.6 Å². The minimum Gasteiger partial charge on any atom is -0.394 e. The van der Waals surface area contributed by atoms with Gasteiger partial charge in [0, 0.05) is 36.3 Å². The van der Waals surface area contributed by atoms with Gasteiger partial charge in [0.25, 0.3) is 0 Å². The number of nitrogens with two attached hydrogens (primary N) is 1. The van der Waals surface area contributed by atoms with Crippen molar-refractivity contribution in [1.29, 1.82) is 0 Å². The first kappa shape index (κ1) is 50.4. The molecule has 334 valence electrons. The third kappa shape index (κ3) is 19.3. The number of thioether (sulfide) groups is 1. The van der Waals surface area contributed by atoms with Gasteiger partial charge >= 0.3 is 6.03 Å². The van der Waals surface area contributed by atoms with E-state index in [-0.39, 0.29) is 61.5 Å². The van der Waals surface area contributed by atoms with E-state index in [0.29, 0.717) is 31.1 Å². The molecule has 1 unspecified atom stereocenters. The molecule has 2 saturated heterocycles. The molecule has 2 aliphatic rings. The predicted molar refractivity (Wildman–Crippen MR) is 216 cm³/mol. The van der Waals surface area contributed by atoms with Crippen molar-refractivity contribution in [1.82, 2.24) is 48.0 Å². The van der Waals surface area contributed by atoms with Crippen LogP contribution in [0.3, 0.4) is 0 Å². The van der Waals surface area contributed by atoms with Crippen molar-refractivity contribution in [3.63, 3.8) is 0 Å². The summed E-state index contributed by atoms with van der Waals surface area (Å²) in [7, 11) is 0. The van der Waals surface area contributed by atoms with Gasteiger partial charge in [0.1, 0.15) is 18.1 Å². The molecule has 0 aromatic heterocycles. The highest BCUT2D eigenvalue weighted by Crippen LogP contribution is 2.33. The molecule has 22 heteroatoms. The first-order valence-electron chi connectivity index (χ1n) is 20.2. The number of hydrogen-bond donors (Lipinski definition) is 12. The van der Waals surface area contributed by atoms with Crippen molar-refractivity contribution in [3.8, 4) is 0 Å². The molecule has 2 heterocycles. The van der Waals surface area contributed by atoms with Crippen molar-refractivity contribution in [2.75, 3.05) is 32.0 Å². The largest absolute Gasteiger partial charge is 0.394 e. The summed E-state index contributed by atoms with van der Waals surface area (Å²) in [4.78, 5) is 111. The Hall–Kier alpha value is -4.70. The number of carbonyl (C=O) groups is 9. The van der Waals surface area contributed by atoms with Gasteiger partial charge in [-0.05, 0) is 56.8 Å². The van der Waals surface area contributed by atoms with Crippen LogP contribution in [0.1, 0.15) is 91.9 Å². The average Bonchev–Trinajstić information content (AvgIpc) is 3.73. The Morgan fingerprint density at radius 2 is 1.42 bits per heavy atom. The highest BCUT2D eigenvalue weighted by Gasteiger charge is 2.42. The molecule has 2 rings (SSSR count). The molecule has 0 aliphatic carbocycles. The summed E-state index contributed by atoms with van der Waals surface area (Å²) in [6.07, 6.45) is 4.12. The number of rotatable bonds is 28. The van der Waals surface area contributed by atoms with E-state index < -0.39 is 85.1 Å². The van der Waals surface area contributed by atoms with E-state index in [1.165, 1.54) is 5.48 Å². The smallest absolute Gasteiger partial charge is 0.315 e. The Kier molecular flexibility index (Phi) is 22.6. The Balaban J connectivity index is 1.71. The minimum atomic E-state index is -1.47. The lowest BCUT2D eigenvalue weighted by Gasteiger charge is -2.25. The number of primary amides is 1. The third-order valence-corrected chi connectivity index (χ3v) is 11.2. The lowest BCUT2D eigenvalue weighted by atomic mass is 9.92. The Morgan fingerprint density at radius 3 is 2.07 bits per heavy atom. The van der Waals surface area contributed by atoms with Gasteiger partial charge in [0.15, 0.2) is 0 Å². The molecule has 2 aliphatic heterocycles. The lowest BCUT2D eigenvalue weighted by molar-refractivity contribution is -0.137. The van der Waals surface area contributed by atoms with Crippen molar-refractivity contribution in [2.24, 2.45) is 23.5 Å². The molecule has 10 amide bonds. The number of aliphatic hydroxyl groups excluding tert-OH is 1. The van der Waals surface area contributed by atoms with Crippen molar-refractivity contribution in [3.05, 3.63) is 0 Å². The van der Waals surface area contributed by atoms with Crippen LogP contribution >= 0.6 is 11.8 Å². The van der Waals surface area contributed by atoms with Crippen LogP contribution in [0.5, 0.6) is 0 Å². The molecule has 0 aromatic rings. The fourth-order valence-electron chi connectivity index (χ4n) is 6.71. The van der Waals surface area contributed by atoms with Crippen LogP contribution in [-0.2, 0) is 38.4 Å². The van der Waals surface area contributed by atoms with Crippen LogP contribution in [-0.4, -0.2) is 131 Å². The SMILES string of the molecule is CC(C)CC(CC(=O)NO)C(=O)N[C@@H](CO)C(=O)N[C@@H](CC(C)C)C(=O)NCC(=O)NCC(=O)N[C@@H](CCCCNC(=O)CCCC[C@@H]1SC[C@@H]2NC(=O)N[C@@H]21)C(N)=O. The number of aliphatic hydroxyl groups is 1. The van der Waals surface area contributed by atoms with Crippen molar-refractivity contribution < 1.29 is 53.5 Å². The molecular formula is C37H64N10O11S. The summed E-state index contributed by atoms with van der Waals surface area (Å²) in [5, 5.41) is 39.9. The maximum Gasteiger partial charge on any atom is 0.315 e. The zero-order valence-corrected chi connectivity index (χ0v) is 35.2. The molecule has 2 fully saturated rings. The summed E-state index contributed by atoms with van der Waals surface area (Å²) < 4.78 is 0. The number of urea groups is 1. The predicted octanol–water partition coefficient (Wildman–Crippen LogP) is -2.23. The molecule has 7 atom stereocenters. The quantitative estimate of drug-likeness (QED) is 0.0172. The molecule has 13 N–H and O–H groups in total. The normalized spacial score (nSPS) is 18.9. The number of hydroxylamine groups is 1. The summed E-state index contributed by atoms with van der Waals surface area (Å²) in [5.74, 6) is -5.58. The summed E-state index contributed by atoms with van der Waals surface area (Å²) >= 11 is 1.83. The molecule has 0 bridgehead atoms. The number of fused-ring (bicyclic) bond motifs is 1. The monoisotopic (exact) mass is 856 g/mol. The van der Waals surface area contributed by atoms with E-state index in [9.17, 15) is 48.3 Å². The first-order valence-corrected chi connectivity index (χ1v) is 21.2. The van der Waals surface area contributed by atoms with Crippen LogP contribution in [0.15, 0.2) is 0 Å². The average molecular weight is 857 g/mol. The second kappa shape index (κ2) is 26.4. The summed E-state index contributed by atoms with van der Waals surface area (Å²) in [5.41, 5.74) is 6.93. The van der Waals surface area contributed by atoms with E-state index in [0.717, 1.165) is 25.0 Å². The zero-order chi connectivity index (χ0) is 44.1. The van der Waals surface area contributed by atoms with Gasteiger partial charge in [0.05, 0.1) is 31.8 Å². The van der Waals surface area contributed by atoms with Gasteiger partial charge in [-0.2, -0.15) is 11.8 Å². The first-order chi connectivity index (χ1) is 27.9. The number of hydrogen-bond acceptors (Lipinski definition) is 12. The van der Waals surface area contributed by atoms with E-state index in [2.05, 4.69) is 42.5 Å². The van der Waals surface area contributed by atoms with Crippen LogP contribution < -0.4 is 53.7 Å². The second-order valence-electron chi connectivity index (χ2n) is 15.7. The number of nitrogens with one attached hydrogen (secondary N) is 9. The Labute approximate surface area is 348 Å². The van der Waals surface area contributed by atoms with Crippen LogP contribution in [0.25, 0.3) is 0 Å². The van der Waals surface area contributed by atoms with Crippen molar-refractivity contribution >= 4 is 65.1 Å². The standard InChI is InChI=1S/C37H64N10O11S/c1-20(2)13-22(15-29(50)47-58)34(54)44-25(18-48)36(56)43-24(14-21(3)4)35(55)41-16-30(51)40-17-31(52)42-23(33(38)53)9-7-8-12-39-28(49)11-6-5-10-27-32-26(19-59-27)45-37(57)46-32/h20-27,32,48,58H,5-19H2,1-4H3,(H2,38,53)(H,39,49)(H,40,51)(H,41,55)(H,42,52)(H,43,56)(H,44,54)(H,47,50)(H2,45,46,57)/t22?,23-,24-,25-,26-,27-,32-/m0/s1. The Bertz CT molecular complexity index is 1470. The number of amides is 10. The molecule has 0 radical (unpaired) electrons. The molecule has 0 spiro atoms. The highest BCUT2D eigenvalue weighted by molar-refractivity contribution is 8.00. The number of unbranched alkanes of at least 4 members (excludes halogenated alkanes) is 2. The number of carbonyl (C=O) groups excluding carboxylic acids is 9. The third-order valence-electron chi connectivity index (χ3n) is 9.71. The molecule has 0 aromatic carbocycles. The van der Waals surface area contributed by atoms with Gasteiger partial charge in [-0.3, -0.25) is 43.6 Å². The van der Waals surface area contributed by atoms with Gasteiger partial charge in [-0.25, -0.2) is 10.3 Å². The maximum absolute atomic E-state index is 13.0. The van der Waals surface area contributed by atoms with E-state index in [1.54, 1.807) is 13.8 Å². The van der Waals surface area contributed by atoms with Crippen molar-refractivity contribution in [2.45, 2.75) is 127 Å². The molecular weight excluding hydrogens is 793 g/mol. The topological polar surface area (TPSA) is 328 Å². The summed E-state index contributed by atoms with van der Waals surface area (Å²) in [6.45, 7) is 5.68. The van der Waals surface area contributed by atoms with Crippen LogP contribution in [0.4, 0.5) is 4.79 Å². The van der Waals surface area contributed by atoms with Gasteiger partial charge in [-0.1, -0.05) is 34.1 Å².